The van der Waals surface area contributed by atoms with Gasteiger partial charge in [0.2, 0.25) is 0 Å². The number of hydrogen-bond acceptors (Lipinski definition) is 2. The second kappa shape index (κ2) is 5.19. The van der Waals surface area contributed by atoms with Crippen LogP contribution >= 0.6 is 23.2 Å². The summed E-state index contributed by atoms with van der Waals surface area (Å²) in [5.41, 5.74) is 0.564. The zero-order valence-electron chi connectivity index (χ0n) is 10.3. The first-order valence-electron chi connectivity index (χ1n) is 6.35. The van der Waals surface area contributed by atoms with Gasteiger partial charge in [0.15, 0.2) is 0 Å². The van der Waals surface area contributed by atoms with Crippen molar-refractivity contribution in [2.45, 2.75) is 0 Å². The Hall–Kier alpha value is -0.970. The van der Waals surface area contributed by atoms with E-state index in [2.05, 4.69) is 10.6 Å². The molecule has 1 aromatic rings. The fourth-order valence-corrected chi connectivity index (χ4v) is 3.15. The minimum absolute atomic E-state index is 0.0985. The summed E-state index contributed by atoms with van der Waals surface area (Å²) < 4.78 is 0. The van der Waals surface area contributed by atoms with Crippen LogP contribution in [0.4, 0.5) is 10.5 Å². The van der Waals surface area contributed by atoms with Crippen LogP contribution in [0.3, 0.4) is 0 Å². The predicted octanol–water partition coefficient (Wildman–Crippen LogP) is 2.68. The van der Waals surface area contributed by atoms with Crippen molar-refractivity contribution in [2.24, 2.45) is 11.8 Å². The molecule has 2 aliphatic rings. The Morgan fingerprint density at radius 3 is 2.63 bits per heavy atom. The predicted molar refractivity (Wildman–Crippen MR) is 76.9 cm³/mol. The SMILES string of the molecule is O=C(Nc1cc(Cl)ccc1Cl)N1CC2CNCC2C1. The van der Waals surface area contributed by atoms with Crippen LogP contribution in [0.25, 0.3) is 0 Å². The molecule has 0 aromatic heterocycles. The highest BCUT2D eigenvalue weighted by atomic mass is 35.5. The van der Waals surface area contributed by atoms with E-state index in [0.29, 0.717) is 27.6 Å². The van der Waals surface area contributed by atoms with Crippen molar-refractivity contribution in [3.05, 3.63) is 28.2 Å². The van der Waals surface area contributed by atoms with E-state index in [1.807, 2.05) is 4.90 Å². The summed E-state index contributed by atoms with van der Waals surface area (Å²) in [6, 6.07) is 4.95. The molecule has 4 nitrogen and oxygen atoms in total. The average molecular weight is 300 g/mol. The Morgan fingerprint density at radius 2 is 1.95 bits per heavy atom. The van der Waals surface area contributed by atoms with E-state index in [4.69, 9.17) is 23.2 Å². The van der Waals surface area contributed by atoms with Gasteiger partial charge in [-0.3, -0.25) is 0 Å². The van der Waals surface area contributed by atoms with Crippen LogP contribution in [0, 0.1) is 11.8 Å². The van der Waals surface area contributed by atoms with Gasteiger partial charge in [0.05, 0.1) is 10.7 Å². The molecule has 0 bridgehead atoms. The van der Waals surface area contributed by atoms with Crippen LogP contribution in [-0.4, -0.2) is 37.1 Å². The largest absolute Gasteiger partial charge is 0.324 e. The highest BCUT2D eigenvalue weighted by Crippen LogP contribution is 2.29. The van der Waals surface area contributed by atoms with Gasteiger partial charge in [-0.2, -0.15) is 0 Å². The number of carbonyl (C=O) groups is 1. The molecule has 3 rings (SSSR count). The molecule has 102 valence electrons. The molecule has 0 spiro atoms. The third-order valence-corrected chi connectivity index (χ3v) is 4.41. The number of halogens is 2. The molecule has 6 heteroatoms. The van der Waals surface area contributed by atoms with Gasteiger partial charge in [-0.05, 0) is 30.0 Å². The van der Waals surface area contributed by atoms with Crippen molar-refractivity contribution >= 4 is 34.9 Å². The monoisotopic (exact) mass is 299 g/mol. The van der Waals surface area contributed by atoms with E-state index in [-0.39, 0.29) is 6.03 Å². The standard InChI is InChI=1S/C13H15Cl2N3O/c14-10-1-2-11(15)12(3-10)17-13(19)18-6-8-4-16-5-9(8)7-18/h1-3,8-9,16H,4-7H2,(H,17,19). The van der Waals surface area contributed by atoms with Gasteiger partial charge < -0.3 is 15.5 Å². The number of rotatable bonds is 1. The van der Waals surface area contributed by atoms with Crippen LogP contribution in [0.1, 0.15) is 0 Å². The summed E-state index contributed by atoms with van der Waals surface area (Å²) in [6.07, 6.45) is 0. The third kappa shape index (κ3) is 2.66. The maximum atomic E-state index is 12.2. The highest BCUT2D eigenvalue weighted by molar-refractivity contribution is 6.35. The Kier molecular flexibility index (Phi) is 3.56. The Morgan fingerprint density at radius 1 is 1.26 bits per heavy atom. The fourth-order valence-electron chi connectivity index (χ4n) is 2.81. The summed E-state index contributed by atoms with van der Waals surface area (Å²) in [5.74, 6) is 1.17. The molecule has 2 aliphatic heterocycles. The molecule has 2 amide bonds. The molecule has 2 atom stereocenters. The number of carbonyl (C=O) groups excluding carboxylic acids is 1. The number of nitrogens with one attached hydrogen (secondary N) is 2. The van der Waals surface area contributed by atoms with E-state index < -0.39 is 0 Å². The number of anilines is 1. The van der Waals surface area contributed by atoms with E-state index in [9.17, 15) is 4.79 Å². The first-order valence-corrected chi connectivity index (χ1v) is 7.11. The second-order valence-corrected chi connectivity index (χ2v) is 5.98. The van der Waals surface area contributed by atoms with Gasteiger partial charge in [-0.15, -0.1) is 0 Å². The lowest BCUT2D eigenvalue weighted by Crippen LogP contribution is -2.35. The Labute approximate surface area is 122 Å². The lowest BCUT2D eigenvalue weighted by Gasteiger charge is -2.18. The number of benzene rings is 1. The molecular weight excluding hydrogens is 285 g/mol. The minimum atomic E-state index is -0.0985. The smallest absolute Gasteiger partial charge is 0.321 e. The van der Waals surface area contributed by atoms with Gasteiger partial charge in [-0.1, -0.05) is 23.2 Å². The van der Waals surface area contributed by atoms with Crippen LogP contribution < -0.4 is 10.6 Å². The first-order chi connectivity index (χ1) is 9.13. The number of hydrogen-bond donors (Lipinski definition) is 2. The molecule has 0 radical (unpaired) electrons. The number of urea groups is 1. The molecule has 0 saturated carbocycles. The highest BCUT2D eigenvalue weighted by Gasteiger charge is 2.38. The van der Waals surface area contributed by atoms with Gasteiger partial charge in [-0.25, -0.2) is 4.79 Å². The molecular formula is C13H15Cl2N3O. The molecule has 2 fully saturated rings. The number of amides is 2. The first kappa shape index (κ1) is 13.0. The van der Waals surface area contributed by atoms with Crippen LogP contribution in [-0.2, 0) is 0 Å². The van der Waals surface area contributed by atoms with E-state index in [1.165, 1.54) is 0 Å². The van der Waals surface area contributed by atoms with Gasteiger partial charge in [0.1, 0.15) is 0 Å². The molecule has 19 heavy (non-hydrogen) atoms. The fraction of sp³-hybridized carbons (Fsp3) is 0.462. The maximum absolute atomic E-state index is 12.2. The number of fused-ring (bicyclic) bond motifs is 1. The lowest BCUT2D eigenvalue weighted by molar-refractivity contribution is 0.219. The molecule has 2 saturated heterocycles. The Bertz CT molecular complexity index is 497. The number of likely N-dealkylation sites (tertiary alicyclic amines) is 1. The van der Waals surface area contributed by atoms with Gasteiger partial charge >= 0.3 is 6.03 Å². The average Bonchev–Trinajstić information content (AvgIpc) is 2.94. The van der Waals surface area contributed by atoms with Crippen molar-refractivity contribution in [1.29, 1.82) is 0 Å². The van der Waals surface area contributed by atoms with E-state index in [0.717, 1.165) is 26.2 Å². The van der Waals surface area contributed by atoms with Gasteiger partial charge in [0.25, 0.3) is 0 Å². The maximum Gasteiger partial charge on any atom is 0.321 e. The van der Waals surface area contributed by atoms with Crippen molar-refractivity contribution in [2.75, 3.05) is 31.5 Å². The Balaban J connectivity index is 1.67. The minimum Gasteiger partial charge on any atom is -0.324 e. The molecule has 0 aliphatic carbocycles. The molecule has 2 heterocycles. The normalized spacial score (nSPS) is 25.5. The quantitative estimate of drug-likeness (QED) is 0.837. The van der Waals surface area contributed by atoms with Crippen LogP contribution in [0.5, 0.6) is 0 Å². The molecule has 2 unspecified atom stereocenters. The van der Waals surface area contributed by atoms with Crippen molar-refractivity contribution in [1.82, 2.24) is 10.2 Å². The van der Waals surface area contributed by atoms with Crippen LogP contribution in [0.2, 0.25) is 10.0 Å². The van der Waals surface area contributed by atoms with E-state index >= 15 is 0 Å². The zero-order chi connectivity index (χ0) is 13.4. The van der Waals surface area contributed by atoms with Gasteiger partial charge in [0, 0.05) is 31.2 Å². The summed E-state index contributed by atoms with van der Waals surface area (Å²) in [5, 5.41) is 7.24. The van der Waals surface area contributed by atoms with Crippen LogP contribution in [0.15, 0.2) is 18.2 Å². The zero-order valence-corrected chi connectivity index (χ0v) is 11.8. The summed E-state index contributed by atoms with van der Waals surface area (Å²) in [4.78, 5) is 14.1. The third-order valence-electron chi connectivity index (χ3n) is 3.85. The number of nitrogens with zero attached hydrogens (tertiary/aromatic N) is 1. The summed E-state index contributed by atoms with van der Waals surface area (Å²) >= 11 is 11.9. The van der Waals surface area contributed by atoms with Crippen molar-refractivity contribution in [3.63, 3.8) is 0 Å². The van der Waals surface area contributed by atoms with Crippen molar-refractivity contribution in [3.8, 4) is 0 Å². The second-order valence-electron chi connectivity index (χ2n) is 5.14. The summed E-state index contributed by atoms with van der Waals surface area (Å²) in [7, 11) is 0. The van der Waals surface area contributed by atoms with Crippen molar-refractivity contribution < 1.29 is 4.79 Å². The summed E-state index contributed by atoms with van der Waals surface area (Å²) in [6.45, 7) is 3.63. The van der Waals surface area contributed by atoms with E-state index in [1.54, 1.807) is 18.2 Å². The lowest BCUT2D eigenvalue weighted by atomic mass is 10.0. The molecule has 1 aromatic carbocycles. The topological polar surface area (TPSA) is 44.4 Å². The molecule has 2 N–H and O–H groups in total.